The lowest BCUT2D eigenvalue weighted by atomic mass is 10.2. The molecule has 0 unspecified atom stereocenters. The van der Waals surface area contributed by atoms with E-state index in [-0.39, 0.29) is 22.0 Å². The zero-order chi connectivity index (χ0) is 11.6. The van der Waals surface area contributed by atoms with Crippen LogP contribution in [0.3, 0.4) is 0 Å². The number of amides is 1. The summed E-state index contributed by atoms with van der Waals surface area (Å²) in [6.07, 6.45) is 0. The second-order valence-corrected chi connectivity index (χ2v) is 3.22. The molecule has 0 fully saturated rings. The van der Waals surface area contributed by atoms with Crippen LogP contribution in [-0.4, -0.2) is 11.1 Å². The van der Waals surface area contributed by atoms with Gasteiger partial charge in [0, 0.05) is 6.92 Å². The summed E-state index contributed by atoms with van der Waals surface area (Å²) in [5.74, 6) is -0.619. The number of nitrogens with zero attached hydrogens (tertiary/aromatic N) is 2. The number of hydroxylamine groups is 1. The standard InChI is InChI=1S/C9H8ClN3O2/c1-5(14)13(15)8-3-6(4-11)2-7(12)9(8)10/h2-3,15H,12H2,1H3. The molecule has 1 aromatic carbocycles. The van der Waals surface area contributed by atoms with Gasteiger partial charge in [-0.1, -0.05) is 11.6 Å². The molecule has 0 bridgehead atoms. The minimum absolute atomic E-state index is 0.000664. The Morgan fingerprint density at radius 1 is 1.67 bits per heavy atom. The monoisotopic (exact) mass is 225 g/mol. The van der Waals surface area contributed by atoms with Gasteiger partial charge in [-0.15, -0.1) is 0 Å². The molecule has 0 saturated heterocycles. The highest BCUT2D eigenvalue weighted by atomic mass is 35.5. The van der Waals surface area contributed by atoms with Crippen LogP contribution in [0.15, 0.2) is 12.1 Å². The van der Waals surface area contributed by atoms with Crippen molar-refractivity contribution in [3.63, 3.8) is 0 Å². The Labute approximate surface area is 91.2 Å². The Hall–Kier alpha value is -1.77. The Morgan fingerprint density at radius 2 is 2.27 bits per heavy atom. The van der Waals surface area contributed by atoms with E-state index in [4.69, 9.17) is 22.6 Å². The van der Waals surface area contributed by atoms with Crippen LogP contribution in [0.1, 0.15) is 12.5 Å². The lowest BCUT2D eigenvalue weighted by Gasteiger charge is -2.15. The van der Waals surface area contributed by atoms with Crippen LogP contribution in [0.25, 0.3) is 0 Å². The van der Waals surface area contributed by atoms with E-state index in [1.54, 1.807) is 0 Å². The Bertz CT molecular complexity index is 453. The fourth-order valence-electron chi connectivity index (χ4n) is 1.02. The fraction of sp³-hybridized carbons (Fsp3) is 0.111. The van der Waals surface area contributed by atoms with E-state index in [0.29, 0.717) is 5.06 Å². The summed E-state index contributed by atoms with van der Waals surface area (Å²) in [5.41, 5.74) is 5.85. The summed E-state index contributed by atoms with van der Waals surface area (Å²) in [5, 5.41) is 18.4. The molecule has 0 aromatic heterocycles. The number of nitrogen functional groups attached to an aromatic ring is 1. The van der Waals surface area contributed by atoms with E-state index < -0.39 is 5.91 Å². The number of nitrogens with two attached hydrogens (primary N) is 1. The lowest BCUT2D eigenvalue weighted by molar-refractivity contribution is -0.121. The third kappa shape index (κ3) is 2.18. The van der Waals surface area contributed by atoms with Crippen LogP contribution in [0.2, 0.25) is 5.02 Å². The number of hydrogen-bond acceptors (Lipinski definition) is 4. The molecule has 1 amide bonds. The number of anilines is 2. The molecular weight excluding hydrogens is 218 g/mol. The summed E-state index contributed by atoms with van der Waals surface area (Å²) in [4.78, 5) is 10.9. The molecule has 1 aromatic rings. The Kier molecular flexibility index (Phi) is 3.14. The first-order valence-electron chi connectivity index (χ1n) is 3.96. The quantitative estimate of drug-likeness (QED) is 0.431. The molecule has 0 aliphatic carbocycles. The van der Waals surface area contributed by atoms with E-state index in [1.165, 1.54) is 12.1 Å². The van der Waals surface area contributed by atoms with Crippen LogP contribution >= 0.6 is 11.6 Å². The SMILES string of the molecule is CC(=O)N(O)c1cc(C#N)cc(N)c1Cl. The van der Waals surface area contributed by atoms with Gasteiger partial charge < -0.3 is 5.73 Å². The zero-order valence-electron chi connectivity index (χ0n) is 7.86. The van der Waals surface area contributed by atoms with Crippen molar-refractivity contribution in [3.05, 3.63) is 22.7 Å². The van der Waals surface area contributed by atoms with Crippen LogP contribution in [0.5, 0.6) is 0 Å². The number of halogens is 1. The van der Waals surface area contributed by atoms with Crippen molar-refractivity contribution in [1.82, 2.24) is 0 Å². The van der Waals surface area contributed by atoms with Gasteiger partial charge >= 0.3 is 0 Å². The number of hydrogen-bond donors (Lipinski definition) is 2. The van der Waals surface area contributed by atoms with Gasteiger partial charge in [0.05, 0.1) is 28.0 Å². The Balaban J connectivity index is 3.35. The third-order valence-corrected chi connectivity index (χ3v) is 2.15. The van der Waals surface area contributed by atoms with Gasteiger partial charge in [-0.05, 0) is 12.1 Å². The first-order chi connectivity index (χ1) is 6.97. The topological polar surface area (TPSA) is 90.4 Å². The molecule has 0 spiro atoms. The maximum atomic E-state index is 10.9. The maximum absolute atomic E-state index is 10.9. The predicted octanol–water partition coefficient (Wildman–Crippen LogP) is 1.54. The van der Waals surface area contributed by atoms with E-state index in [0.717, 1.165) is 6.92 Å². The molecule has 0 radical (unpaired) electrons. The van der Waals surface area contributed by atoms with Crippen molar-refractivity contribution >= 4 is 28.9 Å². The average molecular weight is 226 g/mol. The van der Waals surface area contributed by atoms with Crippen LogP contribution in [0, 0.1) is 11.3 Å². The molecule has 15 heavy (non-hydrogen) atoms. The van der Waals surface area contributed by atoms with Gasteiger partial charge in [-0.2, -0.15) is 10.3 Å². The molecule has 0 atom stereocenters. The third-order valence-electron chi connectivity index (χ3n) is 1.74. The number of rotatable bonds is 1. The van der Waals surface area contributed by atoms with Gasteiger partial charge in [0.1, 0.15) is 0 Å². The maximum Gasteiger partial charge on any atom is 0.247 e. The summed E-state index contributed by atoms with van der Waals surface area (Å²) in [7, 11) is 0. The normalized spacial score (nSPS) is 9.47. The fourth-order valence-corrected chi connectivity index (χ4v) is 1.21. The van der Waals surface area contributed by atoms with Crippen molar-refractivity contribution in [2.45, 2.75) is 6.92 Å². The van der Waals surface area contributed by atoms with Crippen molar-refractivity contribution in [1.29, 1.82) is 5.26 Å². The molecule has 3 N–H and O–H groups in total. The molecule has 0 saturated carbocycles. The van der Waals surface area contributed by atoms with Crippen molar-refractivity contribution < 1.29 is 10.0 Å². The van der Waals surface area contributed by atoms with Crippen LogP contribution < -0.4 is 10.8 Å². The molecule has 0 aliphatic rings. The first-order valence-corrected chi connectivity index (χ1v) is 4.34. The van der Waals surface area contributed by atoms with Gasteiger partial charge in [0.25, 0.3) is 0 Å². The summed E-state index contributed by atoms with van der Waals surface area (Å²) < 4.78 is 0. The molecule has 78 valence electrons. The average Bonchev–Trinajstić information content (AvgIpc) is 2.20. The lowest BCUT2D eigenvalue weighted by Crippen LogP contribution is -2.24. The summed E-state index contributed by atoms with van der Waals surface area (Å²) >= 11 is 5.77. The second kappa shape index (κ2) is 4.17. The van der Waals surface area contributed by atoms with E-state index in [2.05, 4.69) is 0 Å². The molecule has 0 aliphatic heterocycles. The van der Waals surface area contributed by atoms with Gasteiger partial charge in [-0.25, -0.2) is 0 Å². The molecule has 5 nitrogen and oxygen atoms in total. The Morgan fingerprint density at radius 3 is 2.73 bits per heavy atom. The summed E-state index contributed by atoms with van der Waals surface area (Å²) in [6.45, 7) is 1.16. The smallest absolute Gasteiger partial charge is 0.247 e. The van der Waals surface area contributed by atoms with Crippen molar-refractivity contribution in [2.24, 2.45) is 0 Å². The number of carbonyl (C=O) groups is 1. The summed E-state index contributed by atoms with van der Waals surface area (Å²) in [6, 6.07) is 4.48. The molecular formula is C9H8ClN3O2. The minimum Gasteiger partial charge on any atom is -0.397 e. The van der Waals surface area contributed by atoms with E-state index >= 15 is 0 Å². The van der Waals surface area contributed by atoms with E-state index in [9.17, 15) is 10.0 Å². The zero-order valence-corrected chi connectivity index (χ0v) is 8.62. The highest BCUT2D eigenvalue weighted by Gasteiger charge is 2.15. The number of benzene rings is 1. The number of carbonyl (C=O) groups excluding carboxylic acids is 1. The van der Waals surface area contributed by atoms with Crippen molar-refractivity contribution in [2.75, 3.05) is 10.8 Å². The van der Waals surface area contributed by atoms with Crippen molar-refractivity contribution in [3.8, 4) is 6.07 Å². The second-order valence-electron chi connectivity index (χ2n) is 2.84. The minimum atomic E-state index is -0.619. The molecule has 0 heterocycles. The number of nitriles is 1. The predicted molar refractivity (Wildman–Crippen MR) is 55.5 cm³/mol. The van der Waals surface area contributed by atoms with E-state index in [1.807, 2.05) is 6.07 Å². The van der Waals surface area contributed by atoms with Gasteiger partial charge in [0.15, 0.2) is 0 Å². The van der Waals surface area contributed by atoms with Gasteiger partial charge in [-0.3, -0.25) is 10.0 Å². The highest BCUT2D eigenvalue weighted by Crippen LogP contribution is 2.31. The first kappa shape index (κ1) is 11.3. The molecule has 1 rings (SSSR count). The highest BCUT2D eigenvalue weighted by molar-refractivity contribution is 6.36. The molecule has 6 heteroatoms. The van der Waals surface area contributed by atoms with Gasteiger partial charge in [0.2, 0.25) is 5.91 Å². The van der Waals surface area contributed by atoms with Crippen LogP contribution in [0.4, 0.5) is 11.4 Å². The largest absolute Gasteiger partial charge is 0.397 e. The van der Waals surface area contributed by atoms with Crippen LogP contribution in [-0.2, 0) is 4.79 Å².